The molecule has 1 aliphatic heterocycles. The fraction of sp³-hybridized carbons (Fsp3) is 0.208. The minimum absolute atomic E-state index is 0.230. The standard InChI is InChI=1S/C24H22N2O5S/c1-14-20(23(28)31-4)21(16-8-6-5-7-9-16)26-22(27)19(32-24(26)25-14)13-15-10-11-17(29-2)18(12-15)30-3/h5-13,21H,1-4H3/b19-13-. The van der Waals surface area contributed by atoms with Crippen LogP contribution < -0.4 is 24.4 Å². The summed E-state index contributed by atoms with van der Waals surface area (Å²) in [6.07, 6.45) is 1.78. The molecule has 0 saturated carbocycles. The lowest BCUT2D eigenvalue weighted by Gasteiger charge is -2.24. The normalized spacial score (nSPS) is 15.8. The average Bonchev–Trinajstić information content (AvgIpc) is 3.12. The van der Waals surface area contributed by atoms with E-state index in [-0.39, 0.29) is 5.56 Å². The van der Waals surface area contributed by atoms with Gasteiger partial charge < -0.3 is 14.2 Å². The molecule has 0 spiro atoms. The van der Waals surface area contributed by atoms with Crippen LogP contribution in [0, 0.1) is 0 Å². The van der Waals surface area contributed by atoms with Crippen LogP contribution in [0.25, 0.3) is 6.08 Å². The molecule has 0 aliphatic carbocycles. The Hall–Kier alpha value is -3.65. The van der Waals surface area contributed by atoms with E-state index < -0.39 is 12.0 Å². The number of allylic oxidation sites excluding steroid dienone is 1. The minimum atomic E-state index is -0.618. The van der Waals surface area contributed by atoms with Gasteiger partial charge in [-0.2, -0.15) is 0 Å². The van der Waals surface area contributed by atoms with E-state index in [0.29, 0.717) is 32.1 Å². The third-order valence-electron chi connectivity index (χ3n) is 5.25. The van der Waals surface area contributed by atoms with Crippen LogP contribution in [0.3, 0.4) is 0 Å². The van der Waals surface area contributed by atoms with Gasteiger partial charge in [-0.1, -0.05) is 47.7 Å². The summed E-state index contributed by atoms with van der Waals surface area (Å²) in [6, 6.07) is 14.2. The van der Waals surface area contributed by atoms with Crippen molar-refractivity contribution >= 4 is 23.4 Å². The smallest absolute Gasteiger partial charge is 0.338 e. The van der Waals surface area contributed by atoms with Crippen molar-refractivity contribution in [3.63, 3.8) is 0 Å². The second-order valence-electron chi connectivity index (χ2n) is 7.10. The zero-order chi connectivity index (χ0) is 22.8. The highest BCUT2D eigenvalue weighted by molar-refractivity contribution is 7.07. The molecule has 0 saturated heterocycles. The highest BCUT2D eigenvalue weighted by Gasteiger charge is 2.32. The molecule has 0 fully saturated rings. The molecule has 2 heterocycles. The quantitative estimate of drug-likeness (QED) is 0.558. The third-order valence-corrected chi connectivity index (χ3v) is 6.23. The van der Waals surface area contributed by atoms with Crippen molar-refractivity contribution in [2.75, 3.05) is 21.3 Å². The molecule has 1 aliphatic rings. The van der Waals surface area contributed by atoms with E-state index in [1.807, 2.05) is 36.4 Å². The first-order valence-corrected chi connectivity index (χ1v) is 10.7. The van der Waals surface area contributed by atoms with E-state index in [1.165, 1.54) is 18.4 Å². The van der Waals surface area contributed by atoms with Crippen LogP contribution in [0.1, 0.15) is 24.1 Å². The Morgan fingerprint density at radius 3 is 2.44 bits per heavy atom. The molecule has 7 nitrogen and oxygen atoms in total. The van der Waals surface area contributed by atoms with Crippen molar-refractivity contribution < 1.29 is 19.0 Å². The Bertz CT molecular complexity index is 1390. The number of hydrogen-bond donors (Lipinski definition) is 0. The fourth-order valence-corrected chi connectivity index (χ4v) is 4.78. The summed E-state index contributed by atoms with van der Waals surface area (Å²) in [5.74, 6) is 0.669. The number of fused-ring (bicyclic) bond motifs is 1. The lowest BCUT2D eigenvalue weighted by Crippen LogP contribution is -2.39. The Labute approximate surface area is 188 Å². The molecular weight excluding hydrogens is 428 g/mol. The molecule has 2 aromatic carbocycles. The van der Waals surface area contributed by atoms with Crippen molar-refractivity contribution in [3.8, 4) is 11.5 Å². The van der Waals surface area contributed by atoms with Gasteiger partial charge in [-0.3, -0.25) is 9.36 Å². The molecule has 0 amide bonds. The number of methoxy groups -OCH3 is 3. The van der Waals surface area contributed by atoms with Crippen LogP contribution in [0.4, 0.5) is 0 Å². The van der Waals surface area contributed by atoms with E-state index >= 15 is 0 Å². The van der Waals surface area contributed by atoms with E-state index in [4.69, 9.17) is 14.2 Å². The summed E-state index contributed by atoms with van der Waals surface area (Å²) in [7, 11) is 4.46. The Morgan fingerprint density at radius 2 is 1.78 bits per heavy atom. The number of esters is 1. The summed E-state index contributed by atoms with van der Waals surface area (Å²) in [5.41, 5.74) is 2.24. The number of carbonyl (C=O) groups excluding carboxylic acids is 1. The number of ether oxygens (including phenoxy) is 3. The van der Waals surface area contributed by atoms with Gasteiger partial charge in [0.15, 0.2) is 16.3 Å². The molecule has 0 N–H and O–H groups in total. The zero-order valence-electron chi connectivity index (χ0n) is 18.1. The second kappa shape index (κ2) is 8.84. The minimum Gasteiger partial charge on any atom is -0.493 e. The first-order chi connectivity index (χ1) is 15.5. The first-order valence-electron chi connectivity index (χ1n) is 9.86. The molecule has 4 rings (SSSR count). The molecule has 3 aromatic rings. The topological polar surface area (TPSA) is 79.1 Å². The fourth-order valence-electron chi connectivity index (χ4n) is 3.74. The predicted molar refractivity (Wildman–Crippen MR) is 122 cm³/mol. The van der Waals surface area contributed by atoms with E-state index in [9.17, 15) is 9.59 Å². The number of hydrogen-bond acceptors (Lipinski definition) is 7. The van der Waals surface area contributed by atoms with Crippen molar-refractivity contribution in [2.45, 2.75) is 13.0 Å². The van der Waals surface area contributed by atoms with Gasteiger partial charge in [-0.25, -0.2) is 9.79 Å². The molecule has 0 bridgehead atoms. The maximum Gasteiger partial charge on any atom is 0.338 e. The number of rotatable bonds is 5. The lowest BCUT2D eigenvalue weighted by atomic mass is 9.96. The van der Waals surface area contributed by atoms with Crippen molar-refractivity contribution in [1.82, 2.24) is 4.57 Å². The van der Waals surface area contributed by atoms with Crippen molar-refractivity contribution in [2.24, 2.45) is 4.99 Å². The van der Waals surface area contributed by atoms with E-state index in [0.717, 1.165) is 11.1 Å². The predicted octanol–water partition coefficient (Wildman–Crippen LogP) is 2.43. The highest BCUT2D eigenvalue weighted by atomic mass is 32.1. The molecule has 32 heavy (non-hydrogen) atoms. The van der Waals surface area contributed by atoms with Gasteiger partial charge in [0.1, 0.15) is 0 Å². The number of aromatic nitrogens is 1. The van der Waals surface area contributed by atoms with Gasteiger partial charge >= 0.3 is 5.97 Å². The van der Waals surface area contributed by atoms with Gasteiger partial charge in [0, 0.05) is 0 Å². The maximum absolute atomic E-state index is 13.5. The number of nitrogens with zero attached hydrogens (tertiary/aromatic N) is 2. The van der Waals surface area contributed by atoms with Crippen LogP contribution in [0.5, 0.6) is 11.5 Å². The summed E-state index contributed by atoms with van der Waals surface area (Å²) >= 11 is 1.27. The summed E-state index contributed by atoms with van der Waals surface area (Å²) in [6.45, 7) is 1.76. The molecule has 1 atom stereocenters. The second-order valence-corrected chi connectivity index (χ2v) is 8.11. The number of thiazole rings is 1. The largest absolute Gasteiger partial charge is 0.493 e. The number of carbonyl (C=O) groups is 1. The lowest BCUT2D eigenvalue weighted by molar-refractivity contribution is -0.136. The maximum atomic E-state index is 13.5. The van der Waals surface area contributed by atoms with Gasteiger partial charge in [-0.15, -0.1) is 0 Å². The summed E-state index contributed by atoms with van der Waals surface area (Å²) < 4.78 is 17.7. The first kappa shape index (κ1) is 21.6. The van der Waals surface area contributed by atoms with Crippen LogP contribution in [-0.2, 0) is 9.53 Å². The van der Waals surface area contributed by atoms with Gasteiger partial charge in [0.25, 0.3) is 5.56 Å². The number of benzene rings is 2. The third kappa shape index (κ3) is 3.73. The van der Waals surface area contributed by atoms with Crippen LogP contribution in [0.2, 0.25) is 0 Å². The highest BCUT2D eigenvalue weighted by Crippen LogP contribution is 2.30. The van der Waals surface area contributed by atoms with Crippen molar-refractivity contribution in [1.29, 1.82) is 0 Å². The Balaban J connectivity index is 1.93. The molecule has 8 heteroatoms. The SMILES string of the molecule is COC(=O)C1=C(C)N=c2s/c(=C\c3ccc(OC)c(OC)c3)c(=O)n2C1c1ccccc1. The Kier molecular flexibility index (Phi) is 5.96. The molecule has 1 aromatic heterocycles. The van der Waals surface area contributed by atoms with E-state index in [2.05, 4.69) is 4.99 Å². The Morgan fingerprint density at radius 1 is 1.06 bits per heavy atom. The van der Waals surface area contributed by atoms with Crippen molar-refractivity contribution in [3.05, 3.63) is 90.6 Å². The van der Waals surface area contributed by atoms with Crippen LogP contribution >= 0.6 is 11.3 Å². The molecular formula is C24H22N2O5S. The summed E-state index contributed by atoms with van der Waals surface area (Å²) in [5, 5.41) is 0. The van der Waals surface area contributed by atoms with Crippen LogP contribution in [-0.4, -0.2) is 31.9 Å². The van der Waals surface area contributed by atoms with E-state index in [1.54, 1.807) is 43.9 Å². The molecule has 0 radical (unpaired) electrons. The van der Waals surface area contributed by atoms with Crippen LogP contribution in [0.15, 0.2) is 69.6 Å². The molecule has 164 valence electrons. The average molecular weight is 451 g/mol. The summed E-state index contributed by atoms with van der Waals surface area (Å²) in [4.78, 5) is 31.2. The van der Waals surface area contributed by atoms with Gasteiger partial charge in [0.2, 0.25) is 0 Å². The monoisotopic (exact) mass is 450 g/mol. The molecule has 1 unspecified atom stereocenters. The van der Waals surface area contributed by atoms with Gasteiger partial charge in [0.05, 0.1) is 43.2 Å². The zero-order valence-corrected chi connectivity index (χ0v) is 18.9. The van der Waals surface area contributed by atoms with Gasteiger partial charge in [-0.05, 0) is 36.3 Å².